The van der Waals surface area contributed by atoms with Crippen molar-refractivity contribution in [2.45, 2.75) is 24.8 Å². The summed E-state index contributed by atoms with van der Waals surface area (Å²) in [5.41, 5.74) is 0.930. The first-order valence-corrected chi connectivity index (χ1v) is 7.86. The van der Waals surface area contributed by atoms with Crippen molar-refractivity contribution in [3.8, 4) is 11.5 Å². The first kappa shape index (κ1) is 15.4. The van der Waals surface area contributed by atoms with Gasteiger partial charge in [0.1, 0.15) is 0 Å². The molecule has 23 heavy (non-hydrogen) atoms. The van der Waals surface area contributed by atoms with Crippen molar-refractivity contribution in [1.29, 1.82) is 0 Å². The van der Waals surface area contributed by atoms with Crippen LogP contribution in [0.5, 0.6) is 11.5 Å². The summed E-state index contributed by atoms with van der Waals surface area (Å²) < 4.78 is 10.8. The van der Waals surface area contributed by atoms with Gasteiger partial charge in [0.25, 0.3) is 5.91 Å². The lowest BCUT2D eigenvalue weighted by molar-refractivity contribution is -0.126. The Morgan fingerprint density at radius 2 is 1.70 bits per heavy atom. The molecular formula is C19H21NO3. The molecule has 1 saturated carbocycles. The van der Waals surface area contributed by atoms with Crippen LogP contribution in [0.25, 0.3) is 0 Å². The number of methoxy groups -OCH3 is 1. The number of carbonyl (C=O) groups excluding carboxylic acids is 1. The highest BCUT2D eigenvalue weighted by molar-refractivity contribution is 5.79. The minimum Gasteiger partial charge on any atom is -0.493 e. The highest BCUT2D eigenvalue weighted by atomic mass is 16.5. The molecule has 2 aromatic rings. The van der Waals surface area contributed by atoms with Crippen LogP contribution < -0.4 is 14.8 Å². The molecule has 0 spiro atoms. The second-order valence-electron chi connectivity index (χ2n) is 5.79. The summed E-state index contributed by atoms with van der Waals surface area (Å²) in [4.78, 5) is 12.3. The van der Waals surface area contributed by atoms with Crippen molar-refractivity contribution >= 4 is 5.91 Å². The van der Waals surface area contributed by atoms with E-state index in [0.717, 1.165) is 24.8 Å². The van der Waals surface area contributed by atoms with Gasteiger partial charge in [0, 0.05) is 0 Å². The highest BCUT2D eigenvalue weighted by Gasteiger charge is 2.39. The Hall–Kier alpha value is -2.49. The average molecular weight is 311 g/mol. The first-order chi connectivity index (χ1) is 11.2. The fraction of sp³-hybridized carbons (Fsp3) is 0.316. The molecule has 3 rings (SSSR count). The zero-order chi connectivity index (χ0) is 16.1. The Morgan fingerprint density at radius 1 is 1.04 bits per heavy atom. The smallest absolute Gasteiger partial charge is 0.258 e. The summed E-state index contributed by atoms with van der Waals surface area (Å²) >= 11 is 0. The van der Waals surface area contributed by atoms with Gasteiger partial charge in [-0.05, 0) is 37.0 Å². The minimum atomic E-state index is -0.234. The van der Waals surface area contributed by atoms with Gasteiger partial charge in [-0.15, -0.1) is 0 Å². The van der Waals surface area contributed by atoms with Crippen molar-refractivity contribution in [3.63, 3.8) is 0 Å². The van der Waals surface area contributed by atoms with Crippen molar-refractivity contribution < 1.29 is 14.3 Å². The number of benzene rings is 2. The molecule has 0 bridgehead atoms. The molecule has 0 unspecified atom stereocenters. The molecular weight excluding hydrogens is 290 g/mol. The zero-order valence-corrected chi connectivity index (χ0v) is 13.2. The molecule has 2 aromatic carbocycles. The van der Waals surface area contributed by atoms with E-state index in [0.29, 0.717) is 11.5 Å². The van der Waals surface area contributed by atoms with Crippen LogP contribution >= 0.6 is 0 Å². The Balaban J connectivity index is 1.63. The van der Waals surface area contributed by atoms with Gasteiger partial charge >= 0.3 is 0 Å². The SMILES string of the molecule is COc1ccccc1OCC(=O)NC1(c2ccccc2)CCC1. The Labute approximate surface area is 136 Å². The maximum absolute atomic E-state index is 12.3. The summed E-state index contributed by atoms with van der Waals surface area (Å²) in [5.74, 6) is 1.09. The number of para-hydroxylation sites is 2. The van der Waals surface area contributed by atoms with Crippen LogP contribution in [0.3, 0.4) is 0 Å². The monoisotopic (exact) mass is 311 g/mol. The second kappa shape index (κ2) is 6.73. The molecule has 0 radical (unpaired) electrons. The standard InChI is InChI=1S/C19H21NO3/c1-22-16-10-5-6-11-17(16)23-14-18(21)20-19(12-7-13-19)15-8-3-2-4-9-15/h2-6,8-11H,7,12-14H2,1H3,(H,20,21). The molecule has 1 fully saturated rings. The third-order valence-corrected chi connectivity index (χ3v) is 4.34. The number of hydrogen-bond acceptors (Lipinski definition) is 3. The van der Waals surface area contributed by atoms with Crippen LogP contribution in [-0.4, -0.2) is 19.6 Å². The van der Waals surface area contributed by atoms with E-state index in [9.17, 15) is 4.79 Å². The van der Waals surface area contributed by atoms with Crippen molar-refractivity contribution in [1.82, 2.24) is 5.32 Å². The fourth-order valence-corrected chi connectivity index (χ4v) is 2.96. The third-order valence-electron chi connectivity index (χ3n) is 4.34. The quantitative estimate of drug-likeness (QED) is 0.890. The van der Waals surface area contributed by atoms with Crippen molar-refractivity contribution in [3.05, 3.63) is 60.2 Å². The average Bonchev–Trinajstić information content (AvgIpc) is 2.57. The number of ether oxygens (including phenoxy) is 2. The van der Waals surface area contributed by atoms with Gasteiger partial charge in [0.05, 0.1) is 12.6 Å². The van der Waals surface area contributed by atoms with Gasteiger partial charge in [0.15, 0.2) is 18.1 Å². The predicted octanol–water partition coefficient (Wildman–Crippen LogP) is 3.27. The van der Waals surface area contributed by atoms with Crippen molar-refractivity contribution in [2.24, 2.45) is 0 Å². The summed E-state index contributed by atoms with van der Waals surface area (Å²) in [6.07, 6.45) is 3.07. The van der Waals surface area contributed by atoms with E-state index in [4.69, 9.17) is 9.47 Å². The largest absolute Gasteiger partial charge is 0.493 e. The lowest BCUT2D eigenvalue weighted by atomic mass is 9.72. The lowest BCUT2D eigenvalue weighted by Crippen LogP contribution is -2.52. The van der Waals surface area contributed by atoms with Crippen LogP contribution in [0.2, 0.25) is 0 Å². The molecule has 1 aliphatic carbocycles. The highest BCUT2D eigenvalue weighted by Crippen LogP contribution is 2.41. The van der Waals surface area contributed by atoms with E-state index >= 15 is 0 Å². The molecule has 0 aliphatic heterocycles. The van der Waals surface area contributed by atoms with Crippen LogP contribution in [-0.2, 0) is 10.3 Å². The van der Waals surface area contributed by atoms with Crippen LogP contribution in [0.15, 0.2) is 54.6 Å². The second-order valence-corrected chi connectivity index (χ2v) is 5.79. The van der Waals surface area contributed by atoms with Gasteiger partial charge in [-0.25, -0.2) is 0 Å². The molecule has 0 atom stereocenters. The number of amides is 1. The lowest BCUT2D eigenvalue weighted by Gasteiger charge is -2.43. The van der Waals surface area contributed by atoms with E-state index in [1.54, 1.807) is 13.2 Å². The van der Waals surface area contributed by atoms with Crippen LogP contribution in [0.1, 0.15) is 24.8 Å². The molecule has 0 aromatic heterocycles. The first-order valence-electron chi connectivity index (χ1n) is 7.86. The normalized spacial score (nSPS) is 15.3. The van der Waals surface area contributed by atoms with Gasteiger partial charge in [0.2, 0.25) is 0 Å². The fourth-order valence-electron chi connectivity index (χ4n) is 2.96. The van der Waals surface area contributed by atoms with Gasteiger partial charge in [-0.2, -0.15) is 0 Å². The Morgan fingerprint density at radius 3 is 2.30 bits per heavy atom. The summed E-state index contributed by atoms with van der Waals surface area (Å²) in [5, 5.41) is 3.15. The Kier molecular flexibility index (Phi) is 4.51. The van der Waals surface area contributed by atoms with Crippen molar-refractivity contribution in [2.75, 3.05) is 13.7 Å². The van der Waals surface area contributed by atoms with E-state index in [2.05, 4.69) is 17.4 Å². The number of nitrogens with one attached hydrogen (secondary N) is 1. The maximum atomic E-state index is 12.3. The number of carbonyl (C=O) groups is 1. The Bertz CT molecular complexity index is 665. The van der Waals surface area contributed by atoms with Gasteiger partial charge in [-0.3, -0.25) is 4.79 Å². The molecule has 1 amide bonds. The minimum absolute atomic E-state index is 0.0189. The number of rotatable bonds is 6. The summed E-state index contributed by atoms with van der Waals surface area (Å²) in [6.45, 7) is -0.0189. The van der Waals surface area contributed by atoms with E-state index in [1.165, 1.54) is 0 Å². The summed E-state index contributed by atoms with van der Waals surface area (Å²) in [6, 6.07) is 17.5. The van der Waals surface area contributed by atoms with Gasteiger partial charge in [-0.1, -0.05) is 42.5 Å². The molecule has 1 N–H and O–H groups in total. The van der Waals surface area contributed by atoms with Gasteiger partial charge < -0.3 is 14.8 Å². The molecule has 1 aliphatic rings. The van der Waals surface area contributed by atoms with Crippen LogP contribution in [0, 0.1) is 0 Å². The molecule has 0 saturated heterocycles. The molecule has 4 heteroatoms. The summed E-state index contributed by atoms with van der Waals surface area (Å²) in [7, 11) is 1.58. The maximum Gasteiger partial charge on any atom is 0.258 e. The predicted molar refractivity (Wildman–Crippen MR) is 88.6 cm³/mol. The molecule has 4 nitrogen and oxygen atoms in total. The molecule has 120 valence electrons. The third kappa shape index (κ3) is 3.31. The number of hydrogen-bond donors (Lipinski definition) is 1. The molecule has 0 heterocycles. The topological polar surface area (TPSA) is 47.6 Å². The van der Waals surface area contributed by atoms with E-state index < -0.39 is 0 Å². The van der Waals surface area contributed by atoms with E-state index in [1.807, 2.05) is 36.4 Å². The van der Waals surface area contributed by atoms with Crippen LogP contribution in [0.4, 0.5) is 0 Å². The zero-order valence-electron chi connectivity index (χ0n) is 13.2. The van der Waals surface area contributed by atoms with E-state index in [-0.39, 0.29) is 18.1 Å².